The van der Waals surface area contributed by atoms with Crippen molar-refractivity contribution in [1.82, 2.24) is 10.3 Å². The molecular formula is C16H24N2O2. The zero-order chi connectivity index (χ0) is 14.2. The minimum absolute atomic E-state index is 0.0972. The number of hydrogen-bond donors (Lipinski definition) is 1. The Kier molecular flexibility index (Phi) is 5.99. The molecule has 110 valence electrons. The van der Waals surface area contributed by atoms with Crippen LogP contribution in [0.3, 0.4) is 0 Å². The highest BCUT2D eigenvalue weighted by molar-refractivity contribution is 5.75. The summed E-state index contributed by atoms with van der Waals surface area (Å²) in [5, 5.41) is 2.84. The predicted octanol–water partition coefficient (Wildman–Crippen LogP) is 2.05. The largest absolute Gasteiger partial charge is 0.383 e. The molecule has 0 unspecified atom stereocenters. The fraction of sp³-hybridized carbons (Fsp3) is 0.625. The van der Waals surface area contributed by atoms with Crippen LogP contribution in [0.4, 0.5) is 0 Å². The first-order valence-corrected chi connectivity index (χ1v) is 7.53. The van der Waals surface area contributed by atoms with Gasteiger partial charge >= 0.3 is 0 Å². The molecule has 0 saturated carbocycles. The highest BCUT2D eigenvalue weighted by Gasteiger charge is 2.11. The molecule has 0 aliphatic heterocycles. The number of amides is 1. The Bertz CT molecular complexity index is 446. The standard InChI is InChI=1S/C16H24N2O2/c1-20-12-11-17-16(19)8-4-6-14-10-9-13-5-2-3-7-15(13)18-14/h9-10H,2-8,11-12H2,1H3,(H,17,19). The Balaban J connectivity index is 1.72. The number of nitrogens with zero attached hydrogens (tertiary/aromatic N) is 1. The van der Waals surface area contributed by atoms with Crippen LogP contribution in [0, 0.1) is 0 Å². The third kappa shape index (κ3) is 4.60. The smallest absolute Gasteiger partial charge is 0.220 e. The van der Waals surface area contributed by atoms with Crippen molar-refractivity contribution < 1.29 is 9.53 Å². The highest BCUT2D eigenvalue weighted by Crippen LogP contribution is 2.20. The maximum atomic E-state index is 11.6. The van der Waals surface area contributed by atoms with Gasteiger partial charge in [0.15, 0.2) is 0 Å². The second-order valence-electron chi connectivity index (χ2n) is 5.31. The zero-order valence-corrected chi connectivity index (χ0v) is 12.3. The van der Waals surface area contributed by atoms with Crippen molar-refractivity contribution in [3.63, 3.8) is 0 Å². The lowest BCUT2D eigenvalue weighted by Gasteiger charge is -2.15. The molecule has 0 radical (unpaired) electrons. The van der Waals surface area contributed by atoms with Crippen molar-refractivity contribution in [2.75, 3.05) is 20.3 Å². The quantitative estimate of drug-likeness (QED) is 0.775. The van der Waals surface area contributed by atoms with Crippen LogP contribution in [0.25, 0.3) is 0 Å². The molecule has 20 heavy (non-hydrogen) atoms. The average Bonchev–Trinajstić information content (AvgIpc) is 2.47. The molecule has 1 aliphatic carbocycles. The molecule has 1 amide bonds. The lowest BCUT2D eigenvalue weighted by atomic mass is 9.95. The van der Waals surface area contributed by atoms with Crippen LogP contribution in [0.2, 0.25) is 0 Å². The molecule has 0 fully saturated rings. The fourth-order valence-corrected chi connectivity index (χ4v) is 2.58. The molecule has 0 spiro atoms. The minimum Gasteiger partial charge on any atom is -0.383 e. The van der Waals surface area contributed by atoms with Gasteiger partial charge in [-0.05, 0) is 50.2 Å². The van der Waals surface area contributed by atoms with E-state index in [1.165, 1.54) is 30.5 Å². The van der Waals surface area contributed by atoms with E-state index in [9.17, 15) is 4.79 Å². The zero-order valence-electron chi connectivity index (χ0n) is 12.3. The second kappa shape index (κ2) is 8.00. The van der Waals surface area contributed by atoms with Crippen LogP contribution in [0.15, 0.2) is 12.1 Å². The molecule has 4 heteroatoms. The second-order valence-corrected chi connectivity index (χ2v) is 5.31. The van der Waals surface area contributed by atoms with E-state index in [2.05, 4.69) is 17.4 Å². The summed E-state index contributed by atoms with van der Waals surface area (Å²) >= 11 is 0. The van der Waals surface area contributed by atoms with Crippen LogP contribution in [-0.2, 0) is 28.8 Å². The van der Waals surface area contributed by atoms with Crippen molar-refractivity contribution in [1.29, 1.82) is 0 Å². The SMILES string of the molecule is COCCNC(=O)CCCc1ccc2c(n1)CCCC2. The van der Waals surface area contributed by atoms with Gasteiger partial charge in [0.2, 0.25) is 5.91 Å². The van der Waals surface area contributed by atoms with E-state index in [1.807, 2.05) is 0 Å². The fourth-order valence-electron chi connectivity index (χ4n) is 2.58. The van der Waals surface area contributed by atoms with E-state index in [4.69, 9.17) is 9.72 Å². The molecule has 1 N–H and O–H groups in total. The third-order valence-electron chi connectivity index (χ3n) is 3.70. The van der Waals surface area contributed by atoms with Gasteiger partial charge in [0.25, 0.3) is 0 Å². The molecule has 2 rings (SSSR count). The van der Waals surface area contributed by atoms with Crippen LogP contribution in [0.1, 0.15) is 42.6 Å². The van der Waals surface area contributed by atoms with Gasteiger partial charge in [-0.3, -0.25) is 9.78 Å². The Morgan fingerprint density at radius 3 is 3.05 bits per heavy atom. The summed E-state index contributed by atoms with van der Waals surface area (Å²) < 4.78 is 4.89. The maximum absolute atomic E-state index is 11.6. The number of pyridine rings is 1. The van der Waals surface area contributed by atoms with E-state index in [-0.39, 0.29) is 5.91 Å². The molecule has 1 heterocycles. The van der Waals surface area contributed by atoms with Crippen molar-refractivity contribution >= 4 is 5.91 Å². The van der Waals surface area contributed by atoms with Crippen LogP contribution in [0.5, 0.6) is 0 Å². The molecule has 0 aromatic carbocycles. The van der Waals surface area contributed by atoms with Gasteiger partial charge in [-0.25, -0.2) is 0 Å². The number of fused-ring (bicyclic) bond motifs is 1. The van der Waals surface area contributed by atoms with Crippen molar-refractivity contribution in [3.05, 3.63) is 29.1 Å². The Morgan fingerprint density at radius 2 is 2.20 bits per heavy atom. The van der Waals surface area contributed by atoms with E-state index < -0.39 is 0 Å². The van der Waals surface area contributed by atoms with Gasteiger partial charge in [0.1, 0.15) is 0 Å². The number of ether oxygens (including phenoxy) is 1. The molecule has 1 aromatic rings. The van der Waals surface area contributed by atoms with Gasteiger partial charge in [0.05, 0.1) is 6.61 Å². The van der Waals surface area contributed by atoms with E-state index in [0.29, 0.717) is 19.6 Å². The Hall–Kier alpha value is -1.42. The molecule has 0 atom stereocenters. The summed E-state index contributed by atoms with van der Waals surface area (Å²) in [7, 11) is 1.63. The van der Waals surface area contributed by atoms with Crippen molar-refractivity contribution in [2.45, 2.75) is 44.9 Å². The monoisotopic (exact) mass is 276 g/mol. The average molecular weight is 276 g/mol. The van der Waals surface area contributed by atoms with Crippen LogP contribution < -0.4 is 5.32 Å². The van der Waals surface area contributed by atoms with Crippen LogP contribution >= 0.6 is 0 Å². The van der Waals surface area contributed by atoms with Gasteiger partial charge in [-0.15, -0.1) is 0 Å². The number of aryl methyl sites for hydroxylation is 3. The molecule has 0 bridgehead atoms. The topological polar surface area (TPSA) is 51.2 Å². The summed E-state index contributed by atoms with van der Waals surface area (Å²) in [6, 6.07) is 4.34. The summed E-state index contributed by atoms with van der Waals surface area (Å²) in [6.07, 6.45) is 7.12. The summed E-state index contributed by atoms with van der Waals surface area (Å²) in [6.45, 7) is 1.16. The van der Waals surface area contributed by atoms with E-state index in [0.717, 1.165) is 25.0 Å². The lowest BCUT2D eigenvalue weighted by Crippen LogP contribution is -2.26. The highest BCUT2D eigenvalue weighted by atomic mass is 16.5. The number of aromatic nitrogens is 1. The number of hydrogen-bond acceptors (Lipinski definition) is 3. The molecule has 1 aliphatic rings. The first kappa shape index (κ1) is 15.0. The van der Waals surface area contributed by atoms with Crippen molar-refractivity contribution in [3.8, 4) is 0 Å². The first-order chi connectivity index (χ1) is 9.79. The normalized spacial score (nSPS) is 13.8. The number of carbonyl (C=O) groups is 1. The van der Waals surface area contributed by atoms with Crippen molar-refractivity contribution in [2.24, 2.45) is 0 Å². The van der Waals surface area contributed by atoms with Gasteiger partial charge in [-0.1, -0.05) is 6.07 Å². The number of rotatable bonds is 7. The predicted molar refractivity (Wildman–Crippen MR) is 78.7 cm³/mol. The lowest BCUT2D eigenvalue weighted by molar-refractivity contribution is -0.121. The molecule has 0 saturated heterocycles. The molecular weight excluding hydrogens is 252 g/mol. The summed E-state index contributed by atoms with van der Waals surface area (Å²) in [4.78, 5) is 16.3. The first-order valence-electron chi connectivity index (χ1n) is 7.53. The summed E-state index contributed by atoms with van der Waals surface area (Å²) in [5.74, 6) is 0.0972. The minimum atomic E-state index is 0.0972. The van der Waals surface area contributed by atoms with Gasteiger partial charge in [0, 0.05) is 31.5 Å². The van der Waals surface area contributed by atoms with Crippen LogP contribution in [-0.4, -0.2) is 31.2 Å². The van der Waals surface area contributed by atoms with Gasteiger partial charge < -0.3 is 10.1 Å². The molecule has 1 aromatic heterocycles. The number of methoxy groups -OCH3 is 1. The van der Waals surface area contributed by atoms with Gasteiger partial charge in [-0.2, -0.15) is 0 Å². The Labute approximate surface area is 120 Å². The number of carbonyl (C=O) groups excluding carboxylic acids is 1. The summed E-state index contributed by atoms with van der Waals surface area (Å²) in [5.41, 5.74) is 3.81. The number of nitrogens with one attached hydrogen (secondary N) is 1. The van der Waals surface area contributed by atoms with E-state index in [1.54, 1.807) is 7.11 Å². The maximum Gasteiger partial charge on any atom is 0.220 e. The third-order valence-corrected chi connectivity index (χ3v) is 3.70. The van der Waals surface area contributed by atoms with E-state index >= 15 is 0 Å². The molecule has 4 nitrogen and oxygen atoms in total. The Morgan fingerprint density at radius 1 is 1.35 bits per heavy atom.